The summed E-state index contributed by atoms with van der Waals surface area (Å²) in [5.41, 5.74) is 6.46. The van der Waals surface area contributed by atoms with Crippen LogP contribution in [0.2, 0.25) is 0 Å². The van der Waals surface area contributed by atoms with Gasteiger partial charge in [-0.15, -0.1) is 11.3 Å². The topological polar surface area (TPSA) is 42.2 Å². The second-order valence-corrected chi connectivity index (χ2v) is 4.26. The van der Waals surface area contributed by atoms with E-state index in [1.54, 1.807) is 7.05 Å². The molecule has 1 rings (SSSR count). The molecule has 0 radical (unpaired) electrons. The van der Waals surface area contributed by atoms with E-state index < -0.39 is 6.43 Å². The molecule has 6 heteroatoms. The molecule has 1 aromatic rings. The molecule has 2 N–H and O–H groups in total. The third-order valence-corrected chi connectivity index (χ3v) is 3.26. The van der Waals surface area contributed by atoms with E-state index in [-0.39, 0.29) is 6.54 Å². The van der Waals surface area contributed by atoms with Gasteiger partial charge in [0.25, 0.3) is 6.43 Å². The smallest absolute Gasteiger partial charge is 0.255 e. The number of halogens is 2. The Labute approximate surface area is 91.9 Å². The minimum Gasteiger partial charge on any atom is -0.345 e. The average molecular weight is 235 g/mol. The number of hydrogen-bond acceptors (Lipinski definition) is 4. The molecule has 0 fully saturated rings. The first-order chi connectivity index (χ1) is 7.08. The Morgan fingerprint density at radius 1 is 1.53 bits per heavy atom. The molecule has 0 unspecified atom stereocenters. The number of aromatic nitrogens is 1. The number of nitrogens with zero attached hydrogens (tertiary/aromatic N) is 2. The van der Waals surface area contributed by atoms with E-state index in [0.717, 1.165) is 17.0 Å². The standard InChI is InChI=1S/C9H15F2N3S/c1-3-6-7(4-12)15-9(13-6)14(2)5-8(10)11/h8H,3-5,12H2,1-2H3. The van der Waals surface area contributed by atoms with Gasteiger partial charge in [0.1, 0.15) is 0 Å². The first-order valence-electron chi connectivity index (χ1n) is 4.76. The van der Waals surface area contributed by atoms with Crippen LogP contribution in [-0.4, -0.2) is 25.0 Å². The average Bonchev–Trinajstić information content (AvgIpc) is 2.59. The van der Waals surface area contributed by atoms with Crippen LogP contribution in [0.5, 0.6) is 0 Å². The molecule has 0 aromatic carbocycles. The number of alkyl halides is 2. The van der Waals surface area contributed by atoms with Crippen LogP contribution in [0.15, 0.2) is 0 Å². The largest absolute Gasteiger partial charge is 0.345 e. The summed E-state index contributed by atoms with van der Waals surface area (Å²) >= 11 is 1.39. The van der Waals surface area contributed by atoms with Gasteiger partial charge in [-0.3, -0.25) is 0 Å². The zero-order valence-corrected chi connectivity index (χ0v) is 9.65. The van der Waals surface area contributed by atoms with E-state index in [4.69, 9.17) is 5.73 Å². The van der Waals surface area contributed by atoms with Crippen LogP contribution in [0.3, 0.4) is 0 Å². The summed E-state index contributed by atoms with van der Waals surface area (Å²) in [6.07, 6.45) is -1.56. The maximum absolute atomic E-state index is 12.2. The lowest BCUT2D eigenvalue weighted by atomic mass is 10.3. The quantitative estimate of drug-likeness (QED) is 0.847. The van der Waals surface area contributed by atoms with Gasteiger partial charge in [0.05, 0.1) is 12.2 Å². The molecule has 0 saturated carbocycles. The fourth-order valence-corrected chi connectivity index (χ4v) is 2.25. The fourth-order valence-electron chi connectivity index (χ4n) is 1.25. The molecule has 15 heavy (non-hydrogen) atoms. The molecule has 0 saturated heterocycles. The van der Waals surface area contributed by atoms with Crippen molar-refractivity contribution in [2.45, 2.75) is 26.3 Å². The molecule has 0 aliphatic rings. The van der Waals surface area contributed by atoms with E-state index >= 15 is 0 Å². The molecule has 0 amide bonds. The highest BCUT2D eigenvalue weighted by molar-refractivity contribution is 7.15. The highest BCUT2D eigenvalue weighted by Crippen LogP contribution is 2.26. The molecule has 0 spiro atoms. The molecule has 0 atom stereocenters. The second kappa shape index (κ2) is 5.37. The van der Waals surface area contributed by atoms with Gasteiger partial charge in [-0.2, -0.15) is 0 Å². The van der Waals surface area contributed by atoms with E-state index in [9.17, 15) is 8.78 Å². The minimum atomic E-state index is -2.34. The fraction of sp³-hybridized carbons (Fsp3) is 0.667. The van der Waals surface area contributed by atoms with Crippen molar-refractivity contribution in [3.05, 3.63) is 10.6 Å². The van der Waals surface area contributed by atoms with Crippen molar-refractivity contribution in [3.63, 3.8) is 0 Å². The van der Waals surface area contributed by atoms with Crippen molar-refractivity contribution in [2.75, 3.05) is 18.5 Å². The number of hydrogen-bond donors (Lipinski definition) is 1. The van der Waals surface area contributed by atoms with Crippen LogP contribution in [0.1, 0.15) is 17.5 Å². The number of thiazole rings is 1. The Bertz CT molecular complexity index is 293. The SMILES string of the molecule is CCc1nc(N(C)CC(F)F)sc1CN. The van der Waals surface area contributed by atoms with Gasteiger partial charge < -0.3 is 10.6 Å². The van der Waals surface area contributed by atoms with Crippen LogP contribution in [0.4, 0.5) is 13.9 Å². The predicted octanol–water partition coefficient (Wildman–Crippen LogP) is 1.87. The van der Waals surface area contributed by atoms with Crippen LogP contribution < -0.4 is 10.6 Å². The van der Waals surface area contributed by atoms with Gasteiger partial charge in [0, 0.05) is 18.5 Å². The van der Waals surface area contributed by atoms with Crippen LogP contribution in [0, 0.1) is 0 Å². The summed E-state index contributed by atoms with van der Waals surface area (Å²) in [5.74, 6) is 0. The zero-order chi connectivity index (χ0) is 11.4. The minimum absolute atomic E-state index is 0.291. The zero-order valence-electron chi connectivity index (χ0n) is 8.83. The van der Waals surface area contributed by atoms with Crippen molar-refractivity contribution in [1.82, 2.24) is 4.98 Å². The lowest BCUT2D eigenvalue weighted by Gasteiger charge is -2.14. The molecule has 0 aliphatic heterocycles. The van der Waals surface area contributed by atoms with Crippen molar-refractivity contribution in [2.24, 2.45) is 5.73 Å². The van der Waals surface area contributed by atoms with Crippen LogP contribution in [0.25, 0.3) is 0 Å². The lowest BCUT2D eigenvalue weighted by molar-refractivity contribution is 0.156. The normalized spacial score (nSPS) is 11.1. The molecular formula is C9H15F2N3S. The van der Waals surface area contributed by atoms with Gasteiger partial charge in [0.2, 0.25) is 0 Å². The monoisotopic (exact) mass is 235 g/mol. The number of aryl methyl sites for hydroxylation is 1. The highest BCUT2D eigenvalue weighted by atomic mass is 32.1. The van der Waals surface area contributed by atoms with E-state index in [1.165, 1.54) is 16.2 Å². The van der Waals surface area contributed by atoms with Crippen molar-refractivity contribution < 1.29 is 8.78 Å². The Balaban J connectivity index is 2.81. The third-order valence-electron chi connectivity index (χ3n) is 2.03. The highest BCUT2D eigenvalue weighted by Gasteiger charge is 2.14. The number of nitrogens with two attached hydrogens (primary N) is 1. The van der Waals surface area contributed by atoms with Crippen molar-refractivity contribution >= 4 is 16.5 Å². The summed E-state index contributed by atoms with van der Waals surface area (Å²) in [7, 11) is 1.62. The molecule has 3 nitrogen and oxygen atoms in total. The summed E-state index contributed by atoms with van der Waals surface area (Å²) < 4.78 is 24.3. The Hall–Kier alpha value is -0.750. The van der Waals surface area contributed by atoms with E-state index in [2.05, 4.69) is 4.98 Å². The van der Waals surface area contributed by atoms with Crippen molar-refractivity contribution in [1.29, 1.82) is 0 Å². The van der Waals surface area contributed by atoms with Gasteiger partial charge in [0.15, 0.2) is 5.13 Å². The molecule has 0 aliphatic carbocycles. The molecule has 0 bridgehead atoms. The van der Waals surface area contributed by atoms with Gasteiger partial charge in [-0.05, 0) is 6.42 Å². The summed E-state index contributed by atoms with van der Waals surface area (Å²) in [4.78, 5) is 6.73. The molecule has 1 aromatic heterocycles. The van der Waals surface area contributed by atoms with Gasteiger partial charge >= 0.3 is 0 Å². The van der Waals surface area contributed by atoms with Gasteiger partial charge in [-0.1, -0.05) is 6.92 Å². The molecule has 86 valence electrons. The van der Waals surface area contributed by atoms with Gasteiger partial charge in [-0.25, -0.2) is 13.8 Å². The van der Waals surface area contributed by atoms with Crippen LogP contribution >= 0.6 is 11.3 Å². The predicted molar refractivity (Wildman–Crippen MR) is 58.7 cm³/mol. The summed E-state index contributed by atoms with van der Waals surface area (Å²) in [6.45, 7) is 2.11. The second-order valence-electron chi connectivity index (χ2n) is 3.20. The van der Waals surface area contributed by atoms with Crippen molar-refractivity contribution in [3.8, 4) is 0 Å². The number of rotatable bonds is 5. The molecule has 1 heterocycles. The lowest BCUT2D eigenvalue weighted by Crippen LogP contribution is -2.23. The third kappa shape index (κ3) is 3.10. The Kier molecular flexibility index (Phi) is 4.41. The number of anilines is 1. The Morgan fingerprint density at radius 3 is 2.60 bits per heavy atom. The maximum Gasteiger partial charge on any atom is 0.255 e. The first-order valence-corrected chi connectivity index (χ1v) is 5.58. The van der Waals surface area contributed by atoms with Crippen LogP contribution in [-0.2, 0) is 13.0 Å². The maximum atomic E-state index is 12.2. The van der Waals surface area contributed by atoms with E-state index in [0.29, 0.717) is 11.7 Å². The van der Waals surface area contributed by atoms with E-state index in [1.807, 2.05) is 6.92 Å². The Morgan fingerprint density at radius 2 is 2.20 bits per heavy atom. The summed E-state index contributed by atoms with van der Waals surface area (Å²) in [5, 5.41) is 0.618. The summed E-state index contributed by atoms with van der Waals surface area (Å²) in [6, 6.07) is 0. The first kappa shape index (κ1) is 12.3. The molecular weight excluding hydrogens is 220 g/mol.